The van der Waals surface area contributed by atoms with Gasteiger partial charge in [-0.2, -0.15) is 0 Å². The normalized spacial score (nSPS) is 39.8. The molecule has 0 heteroatoms. The second-order valence-electron chi connectivity index (χ2n) is 7.48. The molecule has 0 saturated heterocycles. The third-order valence-electron chi connectivity index (χ3n) is 6.14. The van der Waals surface area contributed by atoms with E-state index in [1.807, 2.05) is 0 Å². The average Bonchev–Trinajstić information content (AvgIpc) is 3.36. The summed E-state index contributed by atoms with van der Waals surface area (Å²) in [7, 11) is 0. The molecule has 4 bridgehead atoms. The molecule has 114 valence electrons. The number of allylic oxidation sites excluding steroid dienone is 5. The van der Waals surface area contributed by atoms with Crippen LogP contribution in [0.15, 0.2) is 67.3 Å². The van der Waals surface area contributed by atoms with Gasteiger partial charge in [0.25, 0.3) is 0 Å². The van der Waals surface area contributed by atoms with Crippen LogP contribution in [0.4, 0.5) is 0 Å². The Hall–Kier alpha value is -1.56. The first-order valence-corrected chi connectivity index (χ1v) is 8.87. The van der Waals surface area contributed by atoms with E-state index in [1.165, 1.54) is 25.7 Å². The molecule has 0 radical (unpaired) electrons. The molecule has 2 fully saturated rings. The highest BCUT2D eigenvalue weighted by molar-refractivity contribution is 5.27. The van der Waals surface area contributed by atoms with Gasteiger partial charge in [-0.3, -0.25) is 0 Å². The Morgan fingerprint density at radius 3 is 1.91 bits per heavy atom. The van der Waals surface area contributed by atoms with Crippen molar-refractivity contribution in [2.45, 2.75) is 31.6 Å². The van der Waals surface area contributed by atoms with E-state index in [2.05, 4.69) is 67.3 Å². The standard InChI is InChI=1S/C13H14.C9H12/c1-2-4-11(5-3-1)13-9-10-6-7-12(13)8-10;1-2-8-5-7-3-4-9(8)6-7/h1-7,10,12-13H,8-9H2;2-4,7-9H,1,5-6H2. The van der Waals surface area contributed by atoms with Crippen LogP contribution in [0.5, 0.6) is 0 Å². The van der Waals surface area contributed by atoms with Gasteiger partial charge in [0.15, 0.2) is 0 Å². The van der Waals surface area contributed by atoms with Gasteiger partial charge in [0.2, 0.25) is 0 Å². The van der Waals surface area contributed by atoms with Crippen molar-refractivity contribution in [3.63, 3.8) is 0 Å². The molecule has 0 heterocycles. The molecule has 6 atom stereocenters. The summed E-state index contributed by atoms with van der Waals surface area (Å²) in [6, 6.07) is 11.0. The van der Waals surface area contributed by atoms with E-state index in [0.29, 0.717) is 0 Å². The molecule has 0 aliphatic heterocycles. The minimum absolute atomic E-state index is 0.806. The van der Waals surface area contributed by atoms with Gasteiger partial charge in [-0.05, 0) is 66.8 Å². The number of benzene rings is 1. The van der Waals surface area contributed by atoms with E-state index in [9.17, 15) is 0 Å². The highest BCUT2D eigenvalue weighted by Crippen LogP contribution is 2.48. The summed E-state index contributed by atoms with van der Waals surface area (Å²) in [4.78, 5) is 0. The van der Waals surface area contributed by atoms with Crippen molar-refractivity contribution < 1.29 is 0 Å². The molecule has 0 aromatic heterocycles. The molecule has 22 heavy (non-hydrogen) atoms. The molecule has 5 rings (SSSR count). The van der Waals surface area contributed by atoms with Crippen LogP contribution in [-0.4, -0.2) is 0 Å². The average molecular weight is 290 g/mol. The molecular weight excluding hydrogens is 264 g/mol. The Kier molecular flexibility index (Phi) is 3.78. The minimum atomic E-state index is 0.806. The van der Waals surface area contributed by atoms with Gasteiger partial charge in [0.1, 0.15) is 0 Å². The Morgan fingerprint density at radius 1 is 0.773 bits per heavy atom. The van der Waals surface area contributed by atoms with E-state index in [4.69, 9.17) is 0 Å². The fourth-order valence-electron chi connectivity index (χ4n) is 4.96. The summed E-state index contributed by atoms with van der Waals surface area (Å²) in [6.45, 7) is 3.83. The monoisotopic (exact) mass is 290 g/mol. The topological polar surface area (TPSA) is 0 Å². The van der Waals surface area contributed by atoms with Gasteiger partial charge < -0.3 is 0 Å². The summed E-state index contributed by atoms with van der Waals surface area (Å²) in [6.07, 6.45) is 17.2. The molecule has 6 unspecified atom stereocenters. The van der Waals surface area contributed by atoms with E-state index < -0.39 is 0 Å². The second-order valence-corrected chi connectivity index (χ2v) is 7.48. The third-order valence-corrected chi connectivity index (χ3v) is 6.14. The predicted octanol–water partition coefficient (Wildman–Crippen LogP) is 5.75. The Bertz CT molecular complexity index is 579. The highest BCUT2D eigenvalue weighted by Gasteiger charge is 2.36. The molecule has 0 spiro atoms. The molecule has 1 aromatic rings. The van der Waals surface area contributed by atoms with Gasteiger partial charge >= 0.3 is 0 Å². The van der Waals surface area contributed by atoms with E-state index in [0.717, 1.165) is 35.5 Å². The fraction of sp³-hybridized carbons (Fsp3) is 0.455. The lowest BCUT2D eigenvalue weighted by Gasteiger charge is -2.17. The lowest BCUT2D eigenvalue weighted by Crippen LogP contribution is -2.04. The maximum absolute atomic E-state index is 3.83. The highest BCUT2D eigenvalue weighted by atomic mass is 14.4. The second kappa shape index (κ2) is 5.91. The van der Waals surface area contributed by atoms with Crippen molar-refractivity contribution in [3.8, 4) is 0 Å². The van der Waals surface area contributed by atoms with Gasteiger partial charge in [-0.1, -0.05) is 60.7 Å². The van der Waals surface area contributed by atoms with Crippen LogP contribution in [-0.2, 0) is 0 Å². The Labute approximate surface area is 134 Å². The quantitative estimate of drug-likeness (QED) is 0.608. The van der Waals surface area contributed by atoms with Crippen LogP contribution in [0.1, 0.15) is 37.2 Å². The predicted molar refractivity (Wildman–Crippen MR) is 93.6 cm³/mol. The lowest BCUT2D eigenvalue weighted by molar-refractivity contribution is 0.551. The SMILES string of the molecule is C1=CC2CC1CC2c1ccccc1.C=CC1CC2C=CC1C2. The first-order valence-electron chi connectivity index (χ1n) is 8.87. The van der Waals surface area contributed by atoms with Crippen molar-refractivity contribution in [1.29, 1.82) is 0 Å². The minimum Gasteiger partial charge on any atom is -0.103 e. The van der Waals surface area contributed by atoms with Crippen LogP contribution in [0.25, 0.3) is 0 Å². The number of rotatable bonds is 2. The molecular formula is C22H26. The fourth-order valence-corrected chi connectivity index (χ4v) is 4.96. The number of hydrogen-bond donors (Lipinski definition) is 0. The summed E-state index contributed by atoms with van der Waals surface area (Å²) in [5.41, 5.74) is 1.54. The Balaban J connectivity index is 0.000000122. The molecule has 0 nitrogen and oxygen atoms in total. The zero-order chi connectivity index (χ0) is 14.9. The van der Waals surface area contributed by atoms with Gasteiger partial charge in [0, 0.05) is 0 Å². The van der Waals surface area contributed by atoms with Crippen LogP contribution < -0.4 is 0 Å². The molecule has 0 N–H and O–H groups in total. The van der Waals surface area contributed by atoms with Crippen molar-refractivity contribution in [3.05, 3.63) is 72.9 Å². The molecule has 2 saturated carbocycles. The first-order chi connectivity index (χ1) is 10.8. The third kappa shape index (κ3) is 2.60. The maximum atomic E-state index is 3.83. The molecule has 0 amide bonds. The molecule has 4 aliphatic rings. The van der Waals surface area contributed by atoms with Gasteiger partial charge in [0.05, 0.1) is 0 Å². The van der Waals surface area contributed by atoms with E-state index >= 15 is 0 Å². The van der Waals surface area contributed by atoms with Gasteiger partial charge in [-0.15, -0.1) is 6.58 Å². The smallest absolute Gasteiger partial charge is 0.00932 e. The van der Waals surface area contributed by atoms with Crippen molar-refractivity contribution >= 4 is 0 Å². The summed E-state index contributed by atoms with van der Waals surface area (Å²) in [5.74, 6) is 5.10. The van der Waals surface area contributed by atoms with Crippen LogP contribution >= 0.6 is 0 Å². The van der Waals surface area contributed by atoms with Crippen LogP contribution in [0.3, 0.4) is 0 Å². The van der Waals surface area contributed by atoms with Crippen LogP contribution in [0.2, 0.25) is 0 Å². The zero-order valence-electron chi connectivity index (χ0n) is 13.3. The first kappa shape index (κ1) is 14.1. The van der Waals surface area contributed by atoms with Gasteiger partial charge in [-0.25, -0.2) is 0 Å². The van der Waals surface area contributed by atoms with Crippen molar-refractivity contribution in [2.75, 3.05) is 0 Å². The summed E-state index contributed by atoms with van der Waals surface area (Å²) < 4.78 is 0. The maximum Gasteiger partial charge on any atom is -0.00932 e. The van der Waals surface area contributed by atoms with Crippen LogP contribution in [0, 0.1) is 29.6 Å². The zero-order valence-corrected chi connectivity index (χ0v) is 13.3. The van der Waals surface area contributed by atoms with Crippen molar-refractivity contribution in [1.82, 2.24) is 0 Å². The summed E-state index contributed by atoms with van der Waals surface area (Å²) in [5, 5.41) is 0. The number of hydrogen-bond acceptors (Lipinski definition) is 0. The number of fused-ring (bicyclic) bond motifs is 4. The Morgan fingerprint density at radius 2 is 1.45 bits per heavy atom. The lowest BCUT2D eigenvalue weighted by atomic mass is 9.87. The molecule has 1 aromatic carbocycles. The summed E-state index contributed by atoms with van der Waals surface area (Å²) >= 11 is 0. The van der Waals surface area contributed by atoms with E-state index in [1.54, 1.807) is 5.56 Å². The molecule has 4 aliphatic carbocycles. The van der Waals surface area contributed by atoms with E-state index in [-0.39, 0.29) is 0 Å². The van der Waals surface area contributed by atoms with Crippen molar-refractivity contribution in [2.24, 2.45) is 29.6 Å². The largest absolute Gasteiger partial charge is 0.103 e.